The van der Waals surface area contributed by atoms with Crippen molar-refractivity contribution < 1.29 is 0 Å². The number of hydrogen-bond donors (Lipinski definition) is 2. The van der Waals surface area contributed by atoms with Crippen molar-refractivity contribution in [3.05, 3.63) is 27.7 Å². The summed E-state index contributed by atoms with van der Waals surface area (Å²) in [5.74, 6) is 0. The van der Waals surface area contributed by atoms with Gasteiger partial charge in [-0.25, -0.2) is 4.99 Å². The predicted octanol–water partition coefficient (Wildman–Crippen LogP) is 3.80. The van der Waals surface area contributed by atoms with Crippen LogP contribution in [0.3, 0.4) is 0 Å². The van der Waals surface area contributed by atoms with Crippen LogP contribution < -0.4 is 5.73 Å². The Morgan fingerprint density at radius 1 is 1.43 bits per heavy atom. The van der Waals surface area contributed by atoms with Gasteiger partial charge in [-0.15, -0.1) is 36.6 Å². The number of halogens is 3. The van der Waals surface area contributed by atoms with Crippen molar-refractivity contribution in [1.29, 1.82) is 0 Å². The maximum absolute atomic E-state index is 5.96. The van der Waals surface area contributed by atoms with Gasteiger partial charge >= 0.3 is 0 Å². The summed E-state index contributed by atoms with van der Waals surface area (Å²) in [4.78, 5) is 3.91. The maximum atomic E-state index is 5.96. The van der Waals surface area contributed by atoms with Gasteiger partial charge in [-0.2, -0.15) is 0 Å². The van der Waals surface area contributed by atoms with Gasteiger partial charge in [-0.05, 0) is 18.6 Å². The summed E-state index contributed by atoms with van der Waals surface area (Å²) in [7, 11) is 0. The van der Waals surface area contributed by atoms with Crippen LogP contribution in [0.4, 0.5) is 5.69 Å². The van der Waals surface area contributed by atoms with Crippen LogP contribution in [-0.4, -0.2) is 5.17 Å². The molecule has 0 heterocycles. The lowest BCUT2D eigenvalue weighted by Crippen LogP contribution is -2.00. The van der Waals surface area contributed by atoms with E-state index in [2.05, 4.69) is 17.6 Å². The smallest absolute Gasteiger partial charge is 0.156 e. The number of nitrogens with two attached hydrogens (primary N) is 1. The Kier molecular flexibility index (Phi) is 6.20. The average Bonchev–Trinajstić information content (AvgIpc) is 2.05. The SMILES string of the molecule is Cc1ccc(Cl)c(N=C(N)S)c1Cl.I. The predicted molar refractivity (Wildman–Crippen MR) is 76.9 cm³/mol. The third-order valence-corrected chi connectivity index (χ3v) is 2.37. The van der Waals surface area contributed by atoms with Crippen LogP contribution >= 0.6 is 59.8 Å². The highest BCUT2D eigenvalue weighted by molar-refractivity contribution is 14.0. The van der Waals surface area contributed by atoms with E-state index < -0.39 is 0 Å². The molecule has 1 rings (SSSR count). The second-order valence-corrected chi connectivity index (χ2v) is 3.74. The Balaban J connectivity index is 0.00000169. The first-order valence-electron chi connectivity index (χ1n) is 3.50. The van der Waals surface area contributed by atoms with E-state index in [4.69, 9.17) is 28.9 Å². The largest absolute Gasteiger partial charge is 0.378 e. The lowest BCUT2D eigenvalue weighted by molar-refractivity contribution is 1.42. The van der Waals surface area contributed by atoms with Gasteiger partial charge in [0.05, 0.1) is 10.0 Å². The highest BCUT2D eigenvalue weighted by Crippen LogP contribution is 2.35. The molecular formula is C8H9Cl2IN2S. The summed E-state index contributed by atoms with van der Waals surface area (Å²) in [5.41, 5.74) is 6.68. The Bertz CT molecular complexity index is 365. The lowest BCUT2D eigenvalue weighted by atomic mass is 10.2. The molecule has 2 nitrogen and oxygen atoms in total. The molecule has 6 heteroatoms. The second kappa shape index (κ2) is 6.05. The Morgan fingerprint density at radius 3 is 2.50 bits per heavy atom. The van der Waals surface area contributed by atoms with E-state index >= 15 is 0 Å². The number of thiol groups is 1. The molecular weight excluding hydrogens is 354 g/mol. The van der Waals surface area contributed by atoms with E-state index in [1.54, 1.807) is 6.07 Å². The number of rotatable bonds is 1. The van der Waals surface area contributed by atoms with Gasteiger partial charge in [0.15, 0.2) is 5.17 Å². The highest BCUT2D eigenvalue weighted by atomic mass is 127. The van der Waals surface area contributed by atoms with E-state index in [1.165, 1.54) is 0 Å². The molecule has 0 amide bonds. The fourth-order valence-corrected chi connectivity index (χ4v) is 1.41. The highest BCUT2D eigenvalue weighted by Gasteiger charge is 2.06. The maximum Gasteiger partial charge on any atom is 0.156 e. The van der Waals surface area contributed by atoms with E-state index in [9.17, 15) is 0 Å². The molecule has 0 bridgehead atoms. The van der Waals surface area contributed by atoms with E-state index in [-0.39, 0.29) is 29.1 Å². The van der Waals surface area contributed by atoms with Crippen LogP contribution in [-0.2, 0) is 0 Å². The minimum absolute atomic E-state index is 0. The van der Waals surface area contributed by atoms with Gasteiger partial charge in [0.2, 0.25) is 0 Å². The van der Waals surface area contributed by atoms with Crippen molar-refractivity contribution in [3.63, 3.8) is 0 Å². The van der Waals surface area contributed by atoms with Gasteiger partial charge in [0.1, 0.15) is 5.69 Å². The number of aryl methyl sites for hydroxylation is 1. The molecule has 1 aromatic carbocycles. The third kappa shape index (κ3) is 3.49. The fourth-order valence-electron chi connectivity index (χ4n) is 0.859. The summed E-state index contributed by atoms with van der Waals surface area (Å²) in [6.45, 7) is 1.87. The topological polar surface area (TPSA) is 38.4 Å². The molecule has 0 spiro atoms. The summed E-state index contributed by atoms with van der Waals surface area (Å²) in [6, 6.07) is 3.54. The van der Waals surface area contributed by atoms with Crippen LogP contribution in [0.5, 0.6) is 0 Å². The number of benzene rings is 1. The first kappa shape index (κ1) is 14.3. The third-order valence-electron chi connectivity index (χ3n) is 1.49. The van der Waals surface area contributed by atoms with Crippen LogP contribution in [0.2, 0.25) is 10.0 Å². The monoisotopic (exact) mass is 362 g/mol. The van der Waals surface area contributed by atoms with Crippen molar-refractivity contribution >= 4 is 70.7 Å². The van der Waals surface area contributed by atoms with Crippen molar-refractivity contribution in [3.8, 4) is 0 Å². The van der Waals surface area contributed by atoms with Gasteiger partial charge in [-0.1, -0.05) is 29.3 Å². The molecule has 0 saturated carbocycles. The van der Waals surface area contributed by atoms with Gasteiger partial charge in [-0.3, -0.25) is 0 Å². The van der Waals surface area contributed by atoms with Crippen LogP contribution in [0.25, 0.3) is 0 Å². The molecule has 0 saturated heterocycles. The second-order valence-electron chi connectivity index (χ2n) is 2.50. The molecule has 0 atom stereocenters. The molecule has 78 valence electrons. The molecule has 0 aromatic heterocycles. The molecule has 0 aliphatic heterocycles. The van der Waals surface area contributed by atoms with Gasteiger partial charge in [0, 0.05) is 0 Å². The van der Waals surface area contributed by atoms with E-state index in [1.807, 2.05) is 13.0 Å². The molecule has 2 N–H and O–H groups in total. The number of hydrogen-bond acceptors (Lipinski definition) is 1. The van der Waals surface area contributed by atoms with Crippen LogP contribution in [0, 0.1) is 6.92 Å². The molecule has 1 aromatic rings. The zero-order valence-electron chi connectivity index (χ0n) is 7.29. The summed E-state index contributed by atoms with van der Waals surface area (Å²) in [5, 5.41) is 1.10. The van der Waals surface area contributed by atoms with Crippen molar-refractivity contribution in [1.82, 2.24) is 0 Å². The molecule has 0 fully saturated rings. The standard InChI is InChI=1S/C8H8Cl2N2S.HI/c1-4-2-3-5(9)7(6(4)10)12-8(11)13;/h2-3H,1H3,(H3,11,12,13);1H. The average molecular weight is 363 g/mol. The molecule has 0 aliphatic rings. The quantitative estimate of drug-likeness (QED) is 0.339. The van der Waals surface area contributed by atoms with Gasteiger partial charge in [0.25, 0.3) is 0 Å². The normalized spacial score (nSPS) is 11.0. The first-order chi connectivity index (χ1) is 6.02. The van der Waals surface area contributed by atoms with Crippen LogP contribution in [0.15, 0.2) is 17.1 Å². The van der Waals surface area contributed by atoms with Crippen LogP contribution in [0.1, 0.15) is 5.56 Å². The Hall–Kier alpha value is 0.350. The Labute approximate surface area is 115 Å². The minimum Gasteiger partial charge on any atom is -0.378 e. The molecule has 0 unspecified atom stereocenters. The number of aliphatic imine (C=N–C) groups is 1. The van der Waals surface area contributed by atoms with Crippen molar-refractivity contribution in [2.24, 2.45) is 10.7 Å². The lowest BCUT2D eigenvalue weighted by Gasteiger charge is -2.04. The minimum atomic E-state index is 0. The molecule has 0 aliphatic carbocycles. The van der Waals surface area contributed by atoms with Gasteiger partial charge < -0.3 is 5.73 Å². The summed E-state index contributed by atoms with van der Waals surface area (Å²) in [6.07, 6.45) is 0. The molecule has 14 heavy (non-hydrogen) atoms. The zero-order chi connectivity index (χ0) is 10.0. The van der Waals surface area contributed by atoms with E-state index in [0.717, 1.165) is 5.56 Å². The van der Waals surface area contributed by atoms with Crippen molar-refractivity contribution in [2.75, 3.05) is 0 Å². The fraction of sp³-hybridized carbons (Fsp3) is 0.125. The van der Waals surface area contributed by atoms with E-state index in [0.29, 0.717) is 15.7 Å². The Morgan fingerprint density at radius 2 is 2.00 bits per heavy atom. The first-order valence-corrected chi connectivity index (χ1v) is 4.70. The number of nitrogens with zero attached hydrogens (tertiary/aromatic N) is 1. The summed E-state index contributed by atoms with van der Waals surface area (Å²) < 4.78 is 0. The van der Waals surface area contributed by atoms with Crippen molar-refractivity contribution in [2.45, 2.75) is 6.92 Å². The number of amidine groups is 1. The summed E-state index contributed by atoms with van der Waals surface area (Å²) >= 11 is 15.7. The molecule has 0 radical (unpaired) electrons. The zero-order valence-corrected chi connectivity index (χ0v) is 12.0.